The van der Waals surface area contributed by atoms with Crippen molar-refractivity contribution in [2.45, 2.75) is 19.4 Å². The lowest BCUT2D eigenvalue weighted by Gasteiger charge is -2.04. The molecule has 1 heteroatoms. The molecule has 0 saturated carbocycles. The normalized spacial score (nSPS) is 12.1. The topological polar surface area (TPSA) is 26.0 Å². The van der Waals surface area contributed by atoms with Gasteiger partial charge in [-0.15, -0.1) is 6.42 Å². The maximum atomic E-state index is 5.65. The van der Waals surface area contributed by atoms with Gasteiger partial charge in [-0.25, -0.2) is 0 Å². The van der Waals surface area contributed by atoms with Gasteiger partial charge in [0.1, 0.15) is 0 Å². The molecule has 2 N–H and O–H groups in total. The Morgan fingerprint density at radius 3 is 2.42 bits per heavy atom. The van der Waals surface area contributed by atoms with E-state index in [1.54, 1.807) is 0 Å². The molecule has 1 aromatic carbocycles. The maximum absolute atomic E-state index is 5.65. The van der Waals surface area contributed by atoms with E-state index in [9.17, 15) is 0 Å². The van der Waals surface area contributed by atoms with Crippen LogP contribution in [0.5, 0.6) is 0 Å². The third kappa shape index (κ3) is 2.41. The molecule has 1 rings (SSSR count). The number of benzene rings is 1. The summed E-state index contributed by atoms with van der Waals surface area (Å²) in [5, 5.41) is 0. The molecule has 0 saturated heterocycles. The molecule has 0 amide bonds. The van der Waals surface area contributed by atoms with Crippen LogP contribution >= 0.6 is 0 Å². The van der Waals surface area contributed by atoms with Crippen LogP contribution in [0.2, 0.25) is 0 Å². The third-order valence-electron chi connectivity index (χ3n) is 1.68. The first-order valence-electron chi connectivity index (χ1n) is 4.03. The van der Waals surface area contributed by atoms with Crippen molar-refractivity contribution in [1.82, 2.24) is 0 Å². The number of hydrogen-bond acceptors (Lipinski definition) is 1. The van der Waals surface area contributed by atoms with E-state index < -0.39 is 0 Å². The minimum absolute atomic E-state index is 0.210. The van der Waals surface area contributed by atoms with Gasteiger partial charge in [0.2, 0.25) is 0 Å². The Hall–Kier alpha value is -1.26. The summed E-state index contributed by atoms with van der Waals surface area (Å²) in [5.41, 5.74) is 7.81. The van der Waals surface area contributed by atoms with Gasteiger partial charge in [0, 0.05) is 11.6 Å². The van der Waals surface area contributed by atoms with Crippen molar-refractivity contribution < 1.29 is 0 Å². The Kier molecular flexibility index (Phi) is 2.90. The predicted octanol–water partition coefficient (Wildman–Crippen LogP) is 1.56. The lowest BCUT2D eigenvalue weighted by molar-refractivity contribution is 0.738. The molecule has 0 aliphatic heterocycles. The Morgan fingerprint density at radius 2 is 2.00 bits per heavy atom. The Balaban J connectivity index is 2.73. The van der Waals surface area contributed by atoms with E-state index in [1.165, 1.54) is 5.56 Å². The summed E-state index contributed by atoms with van der Waals surface area (Å²) in [5.74, 6) is 2.58. The molecule has 0 spiro atoms. The second kappa shape index (κ2) is 3.94. The van der Waals surface area contributed by atoms with E-state index in [4.69, 9.17) is 12.2 Å². The molecule has 1 nitrogen and oxygen atoms in total. The van der Waals surface area contributed by atoms with Gasteiger partial charge in [0.05, 0.1) is 0 Å². The van der Waals surface area contributed by atoms with Gasteiger partial charge in [-0.3, -0.25) is 0 Å². The van der Waals surface area contributed by atoms with Crippen LogP contribution in [0.25, 0.3) is 0 Å². The first kappa shape index (κ1) is 8.83. The average molecular weight is 159 g/mol. The number of terminal acetylenes is 1. The fraction of sp³-hybridized carbons (Fsp3) is 0.273. The molecule has 0 aliphatic carbocycles. The molecule has 0 aromatic heterocycles. The van der Waals surface area contributed by atoms with Crippen molar-refractivity contribution in [1.29, 1.82) is 0 Å². The Labute approximate surface area is 73.6 Å². The monoisotopic (exact) mass is 159 g/mol. The van der Waals surface area contributed by atoms with Crippen LogP contribution in [-0.2, 0) is 6.42 Å². The maximum Gasteiger partial charge on any atom is 0.0242 e. The summed E-state index contributed by atoms with van der Waals surface area (Å²) < 4.78 is 0. The van der Waals surface area contributed by atoms with Crippen LogP contribution in [0.15, 0.2) is 24.3 Å². The van der Waals surface area contributed by atoms with Gasteiger partial charge in [0.15, 0.2) is 0 Å². The highest BCUT2D eigenvalue weighted by atomic mass is 14.6. The van der Waals surface area contributed by atoms with Gasteiger partial charge in [-0.05, 0) is 31.0 Å². The lowest BCUT2D eigenvalue weighted by Crippen LogP contribution is -2.17. The van der Waals surface area contributed by atoms with Gasteiger partial charge in [0.25, 0.3) is 0 Å². The molecule has 1 unspecified atom stereocenters. The molecular formula is C11H13N. The second-order valence-electron chi connectivity index (χ2n) is 3.02. The number of rotatable bonds is 2. The summed E-state index contributed by atoms with van der Waals surface area (Å²) in [6, 6.07) is 8.15. The molecule has 0 aliphatic rings. The average Bonchev–Trinajstić information content (AvgIpc) is 2.05. The largest absolute Gasteiger partial charge is 0.328 e. The summed E-state index contributed by atoms with van der Waals surface area (Å²) in [7, 11) is 0. The molecule has 0 heterocycles. The minimum atomic E-state index is 0.210. The zero-order valence-electron chi connectivity index (χ0n) is 7.25. The molecule has 0 fully saturated rings. The smallest absolute Gasteiger partial charge is 0.0242 e. The first-order chi connectivity index (χ1) is 5.72. The van der Waals surface area contributed by atoms with Crippen molar-refractivity contribution in [2.24, 2.45) is 5.73 Å². The van der Waals surface area contributed by atoms with Gasteiger partial charge < -0.3 is 5.73 Å². The molecular weight excluding hydrogens is 146 g/mol. The number of hydrogen-bond donors (Lipinski definition) is 1. The summed E-state index contributed by atoms with van der Waals surface area (Å²) in [4.78, 5) is 0. The van der Waals surface area contributed by atoms with Crippen molar-refractivity contribution in [3.63, 3.8) is 0 Å². The van der Waals surface area contributed by atoms with Crippen molar-refractivity contribution in [3.05, 3.63) is 35.4 Å². The Bertz CT molecular complexity index is 277. The van der Waals surface area contributed by atoms with Crippen molar-refractivity contribution in [3.8, 4) is 12.3 Å². The van der Waals surface area contributed by atoms with E-state index in [0.717, 1.165) is 12.0 Å². The predicted molar refractivity (Wildman–Crippen MR) is 51.7 cm³/mol. The highest BCUT2D eigenvalue weighted by Crippen LogP contribution is 2.04. The zero-order valence-corrected chi connectivity index (χ0v) is 7.25. The van der Waals surface area contributed by atoms with Crippen molar-refractivity contribution in [2.75, 3.05) is 0 Å². The van der Waals surface area contributed by atoms with Crippen LogP contribution in [-0.4, -0.2) is 6.04 Å². The van der Waals surface area contributed by atoms with E-state index in [-0.39, 0.29) is 6.04 Å². The highest BCUT2D eigenvalue weighted by molar-refractivity contribution is 5.34. The fourth-order valence-electron chi connectivity index (χ4n) is 1.11. The molecule has 62 valence electrons. The number of nitrogens with two attached hydrogens (primary N) is 1. The minimum Gasteiger partial charge on any atom is -0.328 e. The second-order valence-corrected chi connectivity index (χ2v) is 3.02. The standard InChI is InChI=1S/C11H13N/c1-3-10-4-6-11(7-5-10)8-9(2)12/h1,4-7,9H,8,12H2,2H3. The van der Waals surface area contributed by atoms with E-state index in [1.807, 2.05) is 31.2 Å². The summed E-state index contributed by atoms with van der Waals surface area (Å²) in [6.45, 7) is 2.00. The lowest BCUT2D eigenvalue weighted by atomic mass is 10.1. The third-order valence-corrected chi connectivity index (χ3v) is 1.68. The quantitative estimate of drug-likeness (QED) is 0.651. The van der Waals surface area contributed by atoms with E-state index in [2.05, 4.69) is 5.92 Å². The van der Waals surface area contributed by atoms with Gasteiger partial charge in [-0.2, -0.15) is 0 Å². The van der Waals surface area contributed by atoms with Crippen LogP contribution in [0, 0.1) is 12.3 Å². The highest BCUT2D eigenvalue weighted by Gasteiger charge is 1.96. The van der Waals surface area contributed by atoms with Crippen LogP contribution in [0.1, 0.15) is 18.1 Å². The van der Waals surface area contributed by atoms with Crippen LogP contribution in [0.3, 0.4) is 0 Å². The van der Waals surface area contributed by atoms with Crippen molar-refractivity contribution >= 4 is 0 Å². The molecule has 1 aromatic rings. The SMILES string of the molecule is C#Cc1ccc(CC(C)N)cc1. The zero-order chi connectivity index (χ0) is 8.97. The Morgan fingerprint density at radius 1 is 1.42 bits per heavy atom. The molecule has 12 heavy (non-hydrogen) atoms. The van der Waals surface area contributed by atoms with Gasteiger partial charge in [-0.1, -0.05) is 18.1 Å². The molecule has 0 radical (unpaired) electrons. The van der Waals surface area contributed by atoms with Crippen LogP contribution in [0.4, 0.5) is 0 Å². The van der Waals surface area contributed by atoms with E-state index >= 15 is 0 Å². The first-order valence-corrected chi connectivity index (χ1v) is 4.03. The molecule has 1 atom stereocenters. The van der Waals surface area contributed by atoms with Gasteiger partial charge >= 0.3 is 0 Å². The fourth-order valence-corrected chi connectivity index (χ4v) is 1.11. The van der Waals surface area contributed by atoms with Crippen LogP contribution < -0.4 is 5.73 Å². The summed E-state index contributed by atoms with van der Waals surface area (Å²) >= 11 is 0. The molecule has 0 bridgehead atoms. The summed E-state index contributed by atoms with van der Waals surface area (Å²) in [6.07, 6.45) is 6.13. The van der Waals surface area contributed by atoms with E-state index in [0.29, 0.717) is 0 Å².